The van der Waals surface area contributed by atoms with Crippen molar-refractivity contribution in [3.05, 3.63) is 42.3 Å². The van der Waals surface area contributed by atoms with Gasteiger partial charge in [0.15, 0.2) is 5.58 Å². The SMILES string of the molecule is CCCCCCCC/C=C\CCCCCCC(C)(C)C(=O)c1nc2ccccc2o1. The van der Waals surface area contributed by atoms with Crippen molar-refractivity contribution in [2.24, 2.45) is 5.41 Å². The number of allylic oxidation sites excluding steroid dienone is 2. The average molecular weight is 412 g/mol. The average Bonchev–Trinajstić information content (AvgIpc) is 3.17. The second-order valence-corrected chi connectivity index (χ2v) is 9.18. The van der Waals surface area contributed by atoms with Crippen molar-refractivity contribution < 1.29 is 9.21 Å². The standard InChI is InChI=1S/C27H41NO2/c1-4-5-6-7-8-9-10-11-12-13-14-15-16-19-22-27(2,3)25(29)26-28-23-20-17-18-21-24(23)30-26/h11-12,17-18,20-21H,4-10,13-16,19,22H2,1-3H3/b12-11-. The largest absolute Gasteiger partial charge is 0.434 e. The molecular formula is C27H41NO2. The molecule has 0 aliphatic carbocycles. The van der Waals surface area contributed by atoms with E-state index in [4.69, 9.17) is 4.42 Å². The number of aromatic nitrogens is 1. The highest BCUT2D eigenvalue weighted by Crippen LogP contribution is 2.29. The van der Waals surface area contributed by atoms with Crippen LogP contribution in [0.5, 0.6) is 0 Å². The summed E-state index contributed by atoms with van der Waals surface area (Å²) in [6.45, 7) is 6.29. The van der Waals surface area contributed by atoms with Crippen LogP contribution in [-0.4, -0.2) is 10.8 Å². The maximum Gasteiger partial charge on any atom is 0.264 e. The minimum absolute atomic E-state index is 0.0105. The molecule has 0 amide bonds. The zero-order chi connectivity index (χ0) is 21.7. The Bertz CT molecular complexity index is 739. The Morgan fingerprint density at radius 2 is 1.50 bits per heavy atom. The van der Waals surface area contributed by atoms with Crippen molar-refractivity contribution in [2.75, 3.05) is 0 Å². The molecule has 1 heterocycles. The lowest BCUT2D eigenvalue weighted by atomic mass is 9.82. The summed E-state index contributed by atoms with van der Waals surface area (Å²) in [5.74, 6) is 0.257. The van der Waals surface area contributed by atoms with E-state index in [0.29, 0.717) is 5.58 Å². The fraction of sp³-hybridized carbons (Fsp3) is 0.630. The molecular weight excluding hydrogens is 370 g/mol. The van der Waals surface area contributed by atoms with E-state index in [2.05, 4.69) is 24.1 Å². The van der Waals surface area contributed by atoms with Gasteiger partial charge in [-0.05, 0) is 44.2 Å². The molecule has 30 heavy (non-hydrogen) atoms. The number of ketones is 1. The monoisotopic (exact) mass is 411 g/mol. The van der Waals surface area contributed by atoms with Crippen molar-refractivity contribution in [3.8, 4) is 0 Å². The molecule has 0 aliphatic heterocycles. The minimum atomic E-state index is -0.433. The number of Topliss-reactive ketones (excluding diaryl/α,β-unsaturated/α-hetero) is 1. The molecule has 3 nitrogen and oxygen atoms in total. The van der Waals surface area contributed by atoms with Crippen LogP contribution < -0.4 is 0 Å². The van der Waals surface area contributed by atoms with Crippen LogP contribution in [0.3, 0.4) is 0 Å². The molecule has 3 heteroatoms. The summed E-state index contributed by atoms with van der Waals surface area (Å²) in [6.07, 6.45) is 20.9. The van der Waals surface area contributed by atoms with E-state index in [0.717, 1.165) is 18.4 Å². The van der Waals surface area contributed by atoms with Gasteiger partial charge in [-0.2, -0.15) is 0 Å². The molecule has 0 saturated heterocycles. The second kappa shape index (κ2) is 13.4. The number of fused-ring (bicyclic) bond motifs is 1. The molecule has 166 valence electrons. The smallest absolute Gasteiger partial charge is 0.264 e. The summed E-state index contributed by atoms with van der Waals surface area (Å²) < 4.78 is 5.67. The van der Waals surface area contributed by atoms with Crippen LogP contribution in [0.1, 0.15) is 115 Å². The van der Waals surface area contributed by atoms with E-state index >= 15 is 0 Å². The first-order valence-electron chi connectivity index (χ1n) is 12.1. The summed E-state index contributed by atoms with van der Waals surface area (Å²) in [4.78, 5) is 17.2. The van der Waals surface area contributed by atoms with E-state index in [1.54, 1.807) is 0 Å². The summed E-state index contributed by atoms with van der Waals surface area (Å²) in [5.41, 5.74) is 1.00. The maximum atomic E-state index is 12.8. The highest BCUT2D eigenvalue weighted by atomic mass is 16.4. The van der Waals surface area contributed by atoms with E-state index < -0.39 is 5.41 Å². The maximum absolute atomic E-state index is 12.8. The third-order valence-corrected chi connectivity index (χ3v) is 5.92. The van der Waals surface area contributed by atoms with Gasteiger partial charge in [0, 0.05) is 5.41 Å². The third kappa shape index (κ3) is 8.45. The predicted octanol–water partition coefficient (Wildman–Crippen LogP) is 8.68. The number of carbonyl (C=O) groups excluding carboxylic acids is 1. The number of para-hydroxylation sites is 2. The van der Waals surface area contributed by atoms with E-state index in [9.17, 15) is 4.79 Å². The van der Waals surface area contributed by atoms with Crippen LogP contribution in [0, 0.1) is 5.41 Å². The third-order valence-electron chi connectivity index (χ3n) is 5.92. The van der Waals surface area contributed by atoms with Gasteiger partial charge in [-0.3, -0.25) is 4.79 Å². The Morgan fingerprint density at radius 3 is 2.17 bits per heavy atom. The van der Waals surface area contributed by atoms with Crippen molar-refractivity contribution in [2.45, 2.75) is 104 Å². The van der Waals surface area contributed by atoms with Gasteiger partial charge < -0.3 is 4.42 Å². The lowest BCUT2D eigenvalue weighted by molar-refractivity contribution is 0.0787. The van der Waals surface area contributed by atoms with E-state index in [1.165, 1.54) is 70.6 Å². The van der Waals surface area contributed by atoms with Gasteiger partial charge in [0.05, 0.1) is 0 Å². The number of unbranched alkanes of at least 4 members (excludes halogenated alkanes) is 10. The predicted molar refractivity (Wildman–Crippen MR) is 127 cm³/mol. The first-order valence-corrected chi connectivity index (χ1v) is 12.1. The van der Waals surface area contributed by atoms with Crippen LogP contribution in [0.25, 0.3) is 11.1 Å². The zero-order valence-electron chi connectivity index (χ0n) is 19.4. The van der Waals surface area contributed by atoms with Crippen molar-refractivity contribution >= 4 is 16.9 Å². The number of hydrogen-bond donors (Lipinski definition) is 0. The summed E-state index contributed by atoms with van der Waals surface area (Å²) in [5, 5.41) is 0. The molecule has 0 atom stereocenters. The Morgan fingerprint density at radius 1 is 0.900 bits per heavy atom. The normalized spacial score (nSPS) is 12.2. The zero-order valence-corrected chi connectivity index (χ0v) is 19.4. The number of rotatable bonds is 16. The van der Waals surface area contributed by atoms with Crippen LogP contribution >= 0.6 is 0 Å². The summed E-state index contributed by atoms with van der Waals surface area (Å²) in [6, 6.07) is 7.55. The topological polar surface area (TPSA) is 43.1 Å². The van der Waals surface area contributed by atoms with Crippen LogP contribution in [0.2, 0.25) is 0 Å². The van der Waals surface area contributed by atoms with Gasteiger partial charge in [0.2, 0.25) is 5.78 Å². The van der Waals surface area contributed by atoms with Crippen LogP contribution in [-0.2, 0) is 0 Å². The van der Waals surface area contributed by atoms with Gasteiger partial charge in [-0.25, -0.2) is 4.98 Å². The quantitative estimate of drug-likeness (QED) is 0.158. The van der Waals surface area contributed by atoms with Crippen LogP contribution in [0.4, 0.5) is 0 Å². The molecule has 0 fully saturated rings. The first kappa shape index (κ1) is 24.4. The van der Waals surface area contributed by atoms with Gasteiger partial charge in [-0.1, -0.05) is 96.4 Å². The molecule has 0 N–H and O–H groups in total. The molecule has 0 unspecified atom stereocenters. The number of nitrogens with zero attached hydrogens (tertiary/aromatic N) is 1. The minimum Gasteiger partial charge on any atom is -0.434 e. The molecule has 0 bridgehead atoms. The van der Waals surface area contributed by atoms with Gasteiger partial charge in [-0.15, -0.1) is 0 Å². The van der Waals surface area contributed by atoms with E-state index in [-0.39, 0.29) is 11.7 Å². The van der Waals surface area contributed by atoms with E-state index in [1.807, 2.05) is 38.1 Å². The summed E-state index contributed by atoms with van der Waals surface area (Å²) >= 11 is 0. The molecule has 0 radical (unpaired) electrons. The molecule has 2 rings (SSSR count). The van der Waals surface area contributed by atoms with Crippen molar-refractivity contribution in [1.29, 1.82) is 0 Å². The Hall–Kier alpha value is -1.90. The van der Waals surface area contributed by atoms with Crippen molar-refractivity contribution in [1.82, 2.24) is 4.98 Å². The lowest BCUT2D eigenvalue weighted by Gasteiger charge is -2.20. The first-order chi connectivity index (χ1) is 14.5. The number of hydrogen-bond acceptors (Lipinski definition) is 3. The number of carbonyl (C=O) groups is 1. The van der Waals surface area contributed by atoms with Gasteiger partial charge in [0.1, 0.15) is 5.52 Å². The molecule has 1 aromatic carbocycles. The van der Waals surface area contributed by atoms with Gasteiger partial charge >= 0.3 is 0 Å². The molecule has 1 aromatic heterocycles. The highest BCUT2D eigenvalue weighted by molar-refractivity contribution is 5.97. The Labute approximate surface area is 183 Å². The van der Waals surface area contributed by atoms with Crippen molar-refractivity contribution in [3.63, 3.8) is 0 Å². The molecule has 0 aliphatic rings. The van der Waals surface area contributed by atoms with Crippen LogP contribution in [0.15, 0.2) is 40.8 Å². The fourth-order valence-corrected chi connectivity index (χ4v) is 3.83. The molecule has 2 aromatic rings. The fourth-order valence-electron chi connectivity index (χ4n) is 3.83. The van der Waals surface area contributed by atoms with Gasteiger partial charge in [0.25, 0.3) is 5.89 Å². The Balaban J connectivity index is 1.55. The molecule has 0 saturated carbocycles. The number of benzene rings is 1. The Kier molecular flexibility index (Phi) is 10.9. The highest BCUT2D eigenvalue weighted by Gasteiger charge is 2.31. The summed E-state index contributed by atoms with van der Waals surface area (Å²) in [7, 11) is 0. The lowest BCUT2D eigenvalue weighted by Crippen LogP contribution is -2.24. The number of oxazole rings is 1. The second-order valence-electron chi connectivity index (χ2n) is 9.18. The molecule has 0 spiro atoms.